The van der Waals surface area contributed by atoms with Crippen molar-refractivity contribution >= 4 is 11.8 Å². The Morgan fingerprint density at radius 1 is 1.17 bits per heavy atom. The summed E-state index contributed by atoms with van der Waals surface area (Å²) in [6.45, 7) is 9.06. The summed E-state index contributed by atoms with van der Waals surface area (Å²) in [7, 11) is 0. The standard InChI is InChI=1S/C19H30N2O2/c1-5-7-13-20-19(23)16(4)21(18(22)10-6-2)14-17-12-9-8-11-15(17)3/h8-9,11-12,16H,5-7,10,13-14H2,1-4H3,(H,20,23)/t16-/m0/s1. The smallest absolute Gasteiger partial charge is 0.242 e. The molecule has 23 heavy (non-hydrogen) atoms. The third-order valence-electron chi connectivity index (χ3n) is 4.06. The van der Waals surface area contributed by atoms with Gasteiger partial charge >= 0.3 is 0 Å². The first kappa shape index (κ1) is 19.2. The lowest BCUT2D eigenvalue weighted by atomic mass is 10.1. The molecule has 0 saturated carbocycles. The molecule has 0 aliphatic rings. The van der Waals surface area contributed by atoms with Crippen LogP contribution in [0.15, 0.2) is 24.3 Å². The molecular weight excluding hydrogens is 288 g/mol. The Hall–Kier alpha value is -1.84. The first-order valence-corrected chi connectivity index (χ1v) is 8.62. The van der Waals surface area contributed by atoms with Crippen molar-refractivity contribution in [3.63, 3.8) is 0 Å². The molecule has 0 aliphatic carbocycles. The van der Waals surface area contributed by atoms with E-state index in [0.29, 0.717) is 19.5 Å². The number of unbranched alkanes of at least 4 members (excludes halogenated alkanes) is 1. The molecule has 2 amide bonds. The van der Waals surface area contributed by atoms with Gasteiger partial charge in [-0.25, -0.2) is 0 Å². The molecule has 0 fully saturated rings. The van der Waals surface area contributed by atoms with E-state index in [-0.39, 0.29) is 11.8 Å². The average Bonchev–Trinajstić information content (AvgIpc) is 2.53. The molecule has 128 valence electrons. The highest BCUT2D eigenvalue weighted by Crippen LogP contribution is 2.15. The molecule has 0 unspecified atom stereocenters. The Morgan fingerprint density at radius 3 is 2.48 bits per heavy atom. The summed E-state index contributed by atoms with van der Waals surface area (Å²) >= 11 is 0. The minimum Gasteiger partial charge on any atom is -0.354 e. The Balaban J connectivity index is 2.85. The maximum Gasteiger partial charge on any atom is 0.242 e. The van der Waals surface area contributed by atoms with E-state index in [0.717, 1.165) is 30.4 Å². The van der Waals surface area contributed by atoms with Crippen molar-refractivity contribution in [2.24, 2.45) is 0 Å². The van der Waals surface area contributed by atoms with Crippen molar-refractivity contribution in [1.82, 2.24) is 10.2 Å². The zero-order valence-corrected chi connectivity index (χ0v) is 14.9. The SMILES string of the molecule is CCCCNC(=O)[C@H](C)N(Cc1ccccc1C)C(=O)CCC. The van der Waals surface area contributed by atoms with Gasteiger partial charge in [-0.15, -0.1) is 0 Å². The molecule has 4 nitrogen and oxygen atoms in total. The van der Waals surface area contributed by atoms with Crippen molar-refractivity contribution in [3.8, 4) is 0 Å². The normalized spacial score (nSPS) is 11.8. The number of rotatable bonds is 9. The molecule has 4 heteroatoms. The monoisotopic (exact) mass is 318 g/mol. The van der Waals surface area contributed by atoms with E-state index in [4.69, 9.17) is 0 Å². The number of nitrogens with one attached hydrogen (secondary N) is 1. The topological polar surface area (TPSA) is 49.4 Å². The lowest BCUT2D eigenvalue weighted by Crippen LogP contribution is -2.47. The lowest BCUT2D eigenvalue weighted by molar-refractivity contribution is -0.140. The molecule has 1 rings (SSSR count). The summed E-state index contributed by atoms with van der Waals surface area (Å²) in [6, 6.07) is 7.55. The number of amides is 2. The predicted octanol–water partition coefficient (Wildman–Crippen LogP) is 3.43. The molecule has 0 spiro atoms. The molecule has 1 atom stereocenters. The van der Waals surface area contributed by atoms with Crippen LogP contribution >= 0.6 is 0 Å². The summed E-state index contributed by atoms with van der Waals surface area (Å²) in [5.41, 5.74) is 2.23. The van der Waals surface area contributed by atoms with Gasteiger partial charge in [-0.05, 0) is 37.8 Å². The molecular formula is C19H30N2O2. The highest BCUT2D eigenvalue weighted by atomic mass is 16.2. The molecule has 0 heterocycles. The van der Waals surface area contributed by atoms with Crippen LogP contribution in [0.3, 0.4) is 0 Å². The second-order valence-electron chi connectivity index (χ2n) is 6.02. The van der Waals surface area contributed by atoms with Crippen LogP contribution in [0.5, 0.6) is 0 Å². The van der Waals surface area contributed by atoms with Crippen molar-refractivity contribution in [1.29, 1.82) is 0 Å². The van der Waals surface area contributed by atoms with Crippen LogP contribution in [0, 0.1) is 6.92 Å². The summed E-state index contributed by atoms with van der Waals surface area (Å²) in [5, 5.41) is 2.93. The molecule has 1 aromatic rings. The molecule has 1 aromatic carbocycles. The average molecular weight is 318 g/mol. The number of hydrogen-bond acceptors (Lipinski definition) is 2. The second-order valence-corrected chi connectivity index (χ2v) is 6.02. The number of hydrogen-bond donors (Lipinski definition) is 1. The van der Waals surface area contributed by atoms with Crippen molar-refractivity contribution < 1.29 is 9.59 Å². The van der Waals surface area contributed by atoms with Crippen LogP contribution in [0.25, 0.3) is 0 Å². The largest absolute Gasteiger partial charge is 0.354 e. The number of benzene rings is 1. The van der Waals surface area contributed by atoms with Crippen molar-refractivity contribution in [3.05, 3.63) is 35.4 Å². The minimum absolute atomic E-state index is 0.0360. The predicted molar refractivity (Wildman–Crippen MR) is 94.0 cm³/mol. The summed E-state index contributed by atoms with van der Waals surface area (Å²) in [5.74, 6) is -0.0367. The molecule has 0 bridgehead atoms. The van der Waals surface area contributed by atoms with Crippen LogP contribution in [0.4, 0.5) is 0 Å². The zero-order chi connectivity index (χ0) is 17.2. The van der Waals surface area contributed by atoms with E-state index >= 15 is 0 Å². The van der Waals surface area contributed by atoms with Gasteiger partial charge < -0.3 is 10.2 Å². The van der Waals surface area contributed by atoms with E-state index in [2.05, 4.69) is 12.2 Å². The van der Waals surface area contributed by atoms with Gasteiger partial charge in [0.15, 0.2) is 0 Å². The van der Waals surface area contributed by atoms with Gasteiger partial charge in [0.1, 0.15) is 6.04 Å². The van der Waals surface area contributed by atoms with Crippen LogP contribution in [-0.2, 0) is 16.1 Å². The summed E-state index contributed by atoms with van der Waals surface area (Å²) in [4.78, 5) is 26.5. The van der Waals surface area contributed by atoms with Crippen molar-refractivity contribution in [2.45, 2.75) is 66.0 Å². The van der Waals surface area contributed by atoms with Crippen molar-refractivity contribution in [2.75, 3.05) is 6.54 Å². The Labute approximate surface area is 140 Å². The van der Waals surface area contributed by atoms with Gasteiger partial charge in [0.2, 0.25) is 11.8 Å². The van der Waals surface area contributed by atoms with Crippen LogP contribution < -0.4 is 5.32 Å². The van der Waals surface area contributed by atoms with Gasteiger partial charge in [-0.1, -0.05) is 44.5 Å². The van der Waals surface area contributed by atoms with Crippen LogP contribution in [0.2, 0.25) is 0 Å². The number of aryl methyl sites for hydroxylation is 1. The fraction of sp³-hybridized carbons (Fsp3) is 0.579. The molecule has 0 radical (unpaired) electrons. The molecule has 0 saturated heterocycles. The zero-order valence-electron chi connectivity index (χ0n) is 14.9. The van der Waals surface area contributed by atoms with E-state index in [1.54, 1.807) is 4.90 Å². The second kappa shape index (κ2) is 10.0. The molecule has 0 aliphatic heterocycles. The quantitative estimate of drug-likeness (QED) is 0.709. The molecule has 1 N–H and O–H groups in total. The van der Waals surface area contributed by atoms with Gasteiger partial charge in [0.25, 0.3) is 0 Å². The lowest BCUT2D eigenvalue weighted by Gasteiger charge is -2.29. The first-order chi connectivity index (χ1) is 11.0. The Kier molecular flexibility index (Phi) is 8.38. The fourth-order valence-electron chi connectivity index (χ4n) is 2.45. The first-order valence-electron chi connectivity index (χ1n) is 8.62. The van der Waals surface area contributed by atoms with E-state index in [1.807, 2.05) is 45.0 Å². The van der Waals surface area contributed by atoms with Gasteiger partial charge in [-0.3, -0.25) is 9.59 Å². The van der Waals surface area contributed by atoms with Crippen LogP contribution in [-0.4, -0.2) is 29.3 Å². The highest BCUT2D eigenvalue weighted by molar-refractivity contribution is 5.87. The third kappa shape index (κ3) is 6.05. The summed E-state index contributed by atoms with van der Waals surface area (Å²) in [6.07, 6.45) is 3.25. The van der Waals surface area contributed by atoms with Gasteiger partial charge in [0, 0.05) is 19.5 Å². The van der Waals surface area contributed by atoms with Crippen LogP contribution in [0.1, 0.15) is 57.6 Å². The van der Waals surface area contributed by atoms with E-state index in [1.165, 1.54) is 0 Å². The maximum absolute atomic E-state index is 12.5. The number of carbonyl (C=O) groups is 2. The minimum atomic E-state index is -0.453. The Bertz CT molecular complexity index is 514. The van der Waals surface area contributed by atoms with E-state index < -0.39 is 6.04 Å². The number of nitrogens with zero attached hydrogens (tertiary/aromatic N) is 1. The maximum atomic E-state index is 12.5. The van der Waals surface area contributed by atoms with Gasteiger partial charge in [0.05, 0.1) is 0 Å². The molecule has 0 aromatic heterocycles. The highest BCUT2D eigenvalue weighted by Gasteiger charge is 2.25. The third-order valence-corrected chi connectivity index (χ3v) is 4.06. The number of carbonyl (C=O) groups excluding carboxylic acids is 2. The fourth-order valence-corrected chi connectivity index (χ4v) is 2.45. The van der Waals surface area contributed by atoms with Gasteiger partial charge in [-0.2, -0.15) is 0 Å². The Morgan fingerprint density at radius 2 is 1.87 bits per heavy atom. The summed E-state index contributed by atoms with van der Waals surface area (Å²) < 4.78 is 0. The van der Waals surface area contributed by atoms with E-state index in [9.17, 15) is 9.59 Å².